The van der Waals surface area contributed by atoms with E-state index in [-0.39, 0.29) is 24.6 Å². The maximum Gasteiger partial charge on any atom is 0.293 e. The molecular formula is C12H20N4O3. The number of carbonyl (C=O) groups is 1. The van der Waals surface area contributed by atoms with Crippen molar-refractivity contribution in [3.05, 3.63) is 22.7 Å². The number of nitrogens with zero attached hydrogens (tertiary/aromatic N) is 2. The number of ether oxygens (including phenoxy) is 1. The largest absolute Gasteiger partial charge is 0.370 e. The molecule has 19 heavy (non-hydrogen) atoms. The maximum absolute atomic E-state index is 12.0. The van der Waals surface area contributed by atoms with Crippen molar-refractivity contribution >= 4 is 11.7 Å². The second-order valence-electron chi connectivity index (χ2n) is 4.57. The number of hydrogen-bond donors (Lipinski definition) is 2. The van der Waals surface area contributed by atoms with Crippen LogP contribution in [0.1, 0.15) is 13.8 Å². The average molecular weight is 268 g/mol. The lowest BCUT2D eigenvalue weighted by molar-refractivity contribution is -0.122. The van der Waals surface area contributed by atoms with Crippen molar-refractivity contribution in [1.82, 2.24) is 9.55 Å². The van der Waals surface area contributed by atoms with Gasteiger partial charge < -0.3 is 20.4 Å². The van der Waals surface area contributed by atoms with Crippen molar-refractivity contribution in [2.75, 3.05) is 25.1 Å². The highest BCUT2D eigenvalue weighted by atomic mass is 16.5. The zero-order chi connectivity index (χ0) is 14.3. The van der Waals surface area contributed by atoms with Gasteiger partial charge in [0, 0.05) is 25.5 Å². The molecule has 0 bridgehead atoms. The molecule has 0 unspecified atom stereocenters. The first-order valence-corrected chi connectivity index (χ1v) is 6.16. The van der Waals surface area contributed by atoms with Crippen molar-refractivity contribution in [2.45, 2.75) is 20.4 Å². The summed E-state index contributed by atoms with van der Waals surface area (Å²) < 4.78 is 6.59. The molecule has 0 saturated carbocycles. The summed E-state index contributed by atoms with van der Waals surface area (Å²) in [5.41, 5.74) is 4.77. The first kappa shape index (κ1) is 15.2. The van der Waals surface area contributed by atoms with E-state index in [0.717, 1.165) is 0 Å². The summed E-state index contributed by atoms with van der Waals surface area (Å²) in [6.07, 6.45) is 3.24. The monoisotopic (exact) mass is 268 g/mol. The second-order valence-corrected chi connectivity index (χ2v) is 4.57. The van der Waals surface area contributed by atoms with Gasteiger partial charge in [-0.25, -0.2) is 4.98 Å². The van der Waals surface area contributed by atoms with Crippen LogP contribution in [-0.4, -0.2) is 35.2 Å². The Bertz CT molecular complexity index is 470. The zero-order valence-corrected chi connectivity index (χ0v) is 11.3. The van der Waals surface area contributed by atoms with Gasteiger partial charge in [0.15, 0.2) is 5.82 Å². The molecule has 0 spiro atoms. The third-order valence-electron chi connectivity index (χ3n) is 2.26. The van der Waals surface area contributed by atoms with Crippen molar-refractivity contribution < 1.29 is 9.53 Å². The van der Waals surface area contributed by atoms with Gasteiger partial charge in [0.25, 0.3) is 5.56 Å². The molecule has 0 fully saturated rings. The molecular weight excluding hydrogens is 248 g/mol. The smallest absolute Gasteiger partial charge is 0.293 e. The maximum atomic E-state index is 12.0. The molecule has 1 heterocycles. The summed E-state index contributed by atoms with van der Waals surface area (Å²) in [5.74, 6) is 0.148. The van der Waals surface area contributed by atoms with E-state index in [0.29, 0.717) is 19.0 Å². The highest BCUT2D eigenvalue weighted by molar-refractivity contribution is 5.74. The fraction of sp³-hybridized carbons (Fsp3) is 0.583. The lowest BCUT2D eigenvalue weighted by Gasteiger charge is -2.10. The van der Waals surface area contributed by atoms with Gasteiger partial charge in [-0.05, 0) is 5.92 Å². The van der Waals surface area contributed by atoms with Gasteiger partial charge in [-0.15, -0.1) is 0 Å². The fourth-order valence-corrected chi connectivity index (χ4v) is 1.52. The molecule has 0 aliphatic carbocycles. The van der Waals surface area contributed by atoms with Gasteiger partial charge in [0.2, 0.25) is 5.91 Å². The predicted molar refractivity (Wildman–Crippen MR) is 71.8 cm³/mol. The Morgan fingerprint density at radius 3 is 2.95 bits per heavy atom. The summed E-state index contributed by atoms with van der Waals surface area (Å²) in [6, 6.07) is 0. The number of hydrogen-bond acceptors (Lipinski definition) is 5. The van der Waals surface area contributed by atoms with Crippen LogP contribution in [0.25, 0.3) is 0 Å². The van der Waals surface area contributed by atoms with Crippen LogP contribution in [0.15, 0.2) is 17.2 Å². The van der Waals surface area contributed by atoms with E-state index >= 15 is 0 Å². The first-order chi connectivity index (χ1) is 9.00. The van der Waals surface area contributed by atoms with Gasteiger partial charge >= 0.3 is 0 Å². The van der Waals surface area contributed by atoms with E-state index in [1.807, 2.05) is 13.8 Å². The van der Waals surface area contributed by atoms with Crippen molar-refractivity contribution in [3.8, 4) is 0 Å². The number of amides is 1. The quantitative estimate of drug-likeness (QED) is 0.637. The molecule has 1 aromatic rings. The van der Waals surface area contributed by atoms with Crippen LogP contribution in [0.3, 0.4) is 0 Å². The number of primary amides is 1. The Hall–Kier alpha value is -1.89. The standard InChI is InChI=1S/C12H20N4O3/c1-9(2)7-16-5-3-14-11(12(16)18)15-4-6-19-8-10(13)17/h3,5,9H,4,6-8H2,1-2H3,(H2,13,17)(H,14,15). The molecule has 1 aromatic heterocycles. The zero-order valence-electron chi connectivity index (χ0n) is 11.3. The molecule has 7 nitrogen and oxygen atoms in total. The second kappa shape index (κ2) is 7.52. The number of nitrogens with one attached hydrogen (secondary N) is 1. The fourth-order valence-electron chi connectivity index (χ4n) is 1.52. The van der Waals surface area contributed by atoms with E-state index in [4.69, 9.17) is 10.5 Å². The predicted octanol–water partition coefficient (Wildman–Crippen LogP) is -0.187. The highest BCUT2D eigenvalue weighted by Crippen LogP contribution is 1.98. The van der Waals surface area contributed by atoms with Crippen LogP contribution in [0.4, 0.5) is 5.82 Å². The molecule has 7 heteroatoms. The SMILES string of the molecule is CC(C)Cn1ccnc(NCCOCC(N)=O)c1=O. The Balaban J connectivity index is 2.50. The van der Waals surface area contributed by atoms with Crippen LogP contribution in [-0.2, 0) is 16.1 Å². The van der Waals surface area contributed by atoms with Gasteiger partial charge in [-0.1, -0.05) is 13.8 Å². The number of aromatic nitrogens is 2. The minimum Gasteiger partial charge on any atom is -0.370 e. The van der Waals surface area contributed by atoms with Gasteiger partial charge in [0.05, 0.1) is 6.61 Å². The van der Waals surface area contributed by atoms with E-state index < -0.39 is 5.91 Å². The Labute approximate surface area is 111 Å². The van der Waals surface area contributed by atoms with E-state index in [2.05, 4.69) is 10.3 Å². The molecule has 0 aliphatic heterocycles. The molecule has 0 radical (unpaired) electrons. The number of nitrogens with two attached hydrogens (primary N) is 1. The van der Waals surface area contributed by atoms with E-state index in [1.54, 1.807) is 17.0 Å². The highest BCUT2D eigenvalue weighted by Gasteiger charge is 2.05. The van der Waals surface area contributed by atoms with Crippen LogP contribution in [0, 0.1) is 5.92 Å². The molecule has 1 rings (SSSR count). The summed E-state index contributed by atoms with van der Waals surface area (Å²) in [5, 5.41) is 2.88. The van der Waals surface area contributed by atoms with E-state index in [9.17, 15) is 9.59 Å². The minimum atomic E-state index is -0.517. The summed E-state index contributed by atoms with van der Waals surface area (Å²) in [6.45, 7) is 5.27. The summed E-state index contributed by atoms with van der Waals surface area (Å²) in [7, 11) is 0. The summed E-state index contributed by atoms with van der Waals surface area (Å²) in [4.78, 5) is 26.4. The topological polar surface area (TPSA) is 99.2 Å². The van der Waals surface area contributed by atoms with Crippen LogP contribution < -0.4 is 16.6 Å². The third-order valence-corrected chi connectivity index (χ3v) is 2.26. The van der Waals surface area contributed by atoms with Crippen LogP contribution in [0.2, 0.25) is 0 Å². The van der Waals surface area contributed by atoms with E-state index in [1.165, 1.54) is 0 Å². The average Bonchev–Trinajstić information content (AvgIpc) is 2.32. The Kier molecular flexibility index (Phi) is 6.01. The Morgan fingerprint density at radius 2 is 2.32 bits per heavy atom. The molecule has 0 aliphatic rings. The van der Waals surface area contributed by atoms with Crippen molar-refractivity contribution in [1.29, 1.82) is 0 Å². The van der Waals surface area contributed by atoms with Gasteiger partial charge in [0.1, 0.15) is 6.61 Å². The molecule has 0 saturated heterocycles. The van der Waals surface area contributed by atoms with Crippen molar-refractivity contribution in [3.63, 3.8) is 0 Å². The number of anilines is 1. The minimum absolute atomic E-state index is 0.124. The van der Waals surface area contributed by atoms with Gasteiger partial charge in [-0.2, -0.15) is 0 Å². The normalized spacial score (nSPS) is 10.7. The lowest BCUT2D eigenvalue weighted by Crippen LogP contribution is -2.27. The molecule has 3 N–H and O–H groups in total. The molecule has 1 amide bonds. The molecule has 106 valence electrons. The van der Waals surface area contributed by atoms with Crippen molar-refractivity contribution in [2.24, 2.45) is 11.7 Å². The lowest BCUT2D eigenvalue weighted by atomic mass is 10.2. The first-order valence-electron chi connectivity index (χ1n) is 6.16. The summed E-state index contributed by atoms with van der Waals surface area (Å²) >= 11 is 0. The molecule has 0 atom stereocenters. The molecule has 0 aromatic carbocycles. The van der Waals surface area contributed by atoms with Crippen LogP contribution in [0.5, 0.6) is 0 Å². The number of carbonyl (C=O) groups excluding carboxylic acids is 1. The third kappa shape index (κ3) is 5.52. The number of rotatable bonds is 8. The van der Waals surface area contributed by atoms with Gasteiger partial charge in [-0.3, -0.25) is 9.59 Å². The Morgan fingerprint density at radius 1 is 1.58 bits per heavy atom. The van der Waals surface area contributed by atoms with Crippen LogP contribution >= 0.6 is 0 Å².